The molecule has 0 spiro atoms. The lowest BCUT2D eigenvalue weighted by Gasteiger charge is -2.24. The highest BCUT2D eigenvalue weighted by Crippen LogP contribution is 2.29. The average molecular weight is 370 g/mol. The zero-order valence-electron chi connectivity index (χ0n) is 16.5. The van der Waals surface area contributed by atoms with Crippen LogP contribution in [-0.2, 0) is 9.47 Å². The Morgan fingerprint density at radius 1 is 1.00 bits per heavy atom. The molecule has 0 bridgehead atoms. The lowest BCUT2D eigenvalue weighted by Crippen LogP contribution is -2.29. The maximum absolute atomic E-state index is 12.6. The van der Waals surface area contributed by atoms with E-state index in [0.29, 0.717) is 11.5 Å². The lowest BCUT2D eigenvalue weighted by molar-refractivity contribution is 0.0479. The van der Waals surface area contributed by atoms with Crippen molar-refractivity contribution < 1.29 is 19.1 Å². The summed E-state index contributed by atoms with van der Waals surface area (Å²) in [4.78, 5) is 29.8. The summed E-state index contributed by atoms with van der Waals surface area (Å²) >= 11 is 0. The van der Waals surface area contributed by atoms with E-state index in [1.807, 2.05) is 51.1 Å². The van der Waals surface area contributed by atoms with Gasteiger partial charge in [-0.3, -0.25) is 0 Å². The maximum Gasteiger partial charge on any atom is 0.342 e. The molecule has 0 fully saturated rings. The summed E-state index contributed by atoms with van der Waals surface area (Å²) in [7, 11) is 0. The van der Waals surface area contributed by atoms with Crippen LogP contribution in [0.4, 0.5) is 5.82 Å². The zero-order valence-corrected chi connectivity index (χ0v) is 16.5. The molecular weight excluding hydrogens is 344 g/mol. The van der Waals surface area contributed by atoms with Crippen molar-refractivity contribution in [1.29, 1.82) is 0 Å². The van der Waals surface area contributed by atoms with Crippen molar-refractivity contribution in [3.05, 3.63) is 47.5 Å². The normalized spacial score (nSPS) is 11.0. The van der Waals surface area contributed by atoms with E-state index < -0.39 is 11.9 Å². The molecule has 2 rings (SSSR count). The number of nitrogens with one attached hydrogen (secondary N) is 1. The molecule has 1 aromatic carbocycles. The number of carbonyl (C=O) groups excluding carboxylic acids is 2. The summed E-state index contributed by atoms with van der Waals surface area (Å²) in [5, 5.41) is 3.22. The van der Waals surface area contributed by atoms with E-state index in [9.17, 15) is 9.59 Å². The Hall–Kier alpha value is -2.89. The monoisotopic (exact) mass is 370 g/mol. The molecule has 0 aliphatic carbocycles. The molecule has 27 heavy (non-hydrogen) atoms. The van der Waals surface area contributed by atoms with Crippen molar-refractivity contribution in [3.8, 4) is 11.3 Å². The Bertz CT molecular complexity index is 811. The molecule has 1 aromatic heterocycles. The molecular formula is C21H26N2O4. The number of benzene rings is 1. The molecule has 0 aliphatic heterocycles. The molecule has 6 nitrogen and oxygen atoms in total. The number of hydrogen-bond acceptors (Lipinski definition) is 6. The minimum Gasteiger partial charge on any atom is -0.462 e. The number of carbonyl (C=O) groups is 2. The van der Waals surface area contributed by atoms with Gasteiger partial charge in [0.25, 0.3) is 0 Å². The molecule has 144 valence electrons. The van der Waals surface area contributed by atoms with Gasteiger partial charge >= 0.3 is 11.9 Å². The Morgan fingerprint density at radius 2 is 1.59 bits per heavy atom. The highest BCUT2D eigenvalue weighted by molar-refractivity contribution is 6.07. The number of hydrogen-bond donors (Lipinski definition) is 1. The van der Waals surface area contributed by atoms with Crippen molar-refractivity contribution in [1.82, 2.24) is 4.98 Å². The molecule has 0 amide bonds. The molecule has 0 atom stereocenters. The van der Waals surface area contributed by atoms with Gasteiger partial charge in [0.2, 0.25) is 0 Å². The first-order valence-corrected chi connectivity index (χ1v) is 8.99. The van der Waals surface area contributed by atoms with Crippen molar-refractivity contribution in [2.45, 2.75) is 40.2 Å². The van der Waals surface area contributed by atoms with Crippen LogP contribution in [0.15, 0.2) is 36.4 Å². The van der Waals surface area contributed by atoms with Gasteiger partial charge in [0.1, 0.15) is 11.4 Å². The number of aromatic nitrogens is 1. The van der Waals surface area contributed by atoms with E-state index in [2.05, 4.69) is 10.3 Å². The molecule has 0 aliphatic rings. The van der Waals surface area contributed by atoms with Gasteiger partial charge in [0, 0.05) is 11.1 Å². The quantitative estimate of drug-likeness (QED) is 0.764. The first-order chi connectivity index (χ1) is 12.8. The third kappa shape index (κ3) is 5.29. The third-order valence-corrected chi connectivity index (χ3v) is 3.56. The van der Waals surface area contributed by atoms with E-state index in [1.54, 1.807) is 19.9 Å². The van der Waals surface area contributed by atoms with Gasteiger partial charge in [-0.2, -0.15) is 0 Å². The van der Waals surface area contributed by atoms with Crippen LogP contribution in [0.2, 0.25) is 0 Å². The van der Waals surface area contributed by atoms with Crippen LogP contribution < -0.4 is 5.32 Å². The van der Waals surface area contributed by atoms with E-state index >= 15 is 0 Å². The molecule has 0 saturated heterocycles. The fourth-order valence-corrected chi connectivity index (χ4v) is 2.53. The fourth-order valence-electron chi connectivity index (χ4n) is 2.53. The van der Waals surface area contributed by atoms with E-state index in [1.165, 1.54) is 0 Å². The van der Waals surface area contributed by atoms with E-state index in [0.717, 1.165) is 5.56 Å². The van der Waals surface area contributed by atoms with E-state index in [4.69, 9.17) is 9.47 Å². The van der Waals surface area contributed by atoms with Crippen LogP contribution in [0.5, 0.6) is 0 Å². The summed E-state index contributed by atoms with van der Waals surface area (Å²) in [6, 6.07) is 11.0. The van der Waals surface area contributed by atoms with Crippen LogP contribution in [0.1, 0.15) is 55.3 Å². The molecule has 0 radical (unpaired) electrons. The molecule has 6 heteroatoms. The highest BCUT2D eigenvalue weighted by atomic mass is 16.5. The largest absolute Gasteiger partial charge is 0.462 e. The number of ether oxygens (including phenoxy) is 2. The Morgan fingerprint density at radius 3 is 2.15 bits per heavy atom. The summed E-state index contributed by atoms with van der Waals surface area (Å²) in [5.74, 6) is -0.901. The molecule has 0 unspecified atom stereocenters. The van der Waals surface area contributed by atoms with Crippen molar-refractivity contribution in [3.63, 3.8) is 0 Å². The van der Waals surface area contributed by atoms with Crippen LogP contribution >= 0.6 is 0 Å². The lowest BCUT2D eigenvalue weighted by atomic mass is 10.0. The molecule has 1 N–H and O–H groups in total. The number of rotatable bonds is 6. The van der Waals surface area contributed by atoms with Crippen LogP contribution in [-0.4, -0.2) is 35.7 Å². The first kappa shape index (κ1) is 20.4. The second-order valence-electron chi connectivity index (χ2n) is 6.96. The van der Waals surface area contributed by atoms with Crippen LogP contribution in [0.3, 0.4) is 0 Å². The standard InChI is InChI=1S/C21H26N2O4/c1-6-26-19(24)15-13-16(14-11-9-8-10-12-14)22-18(23-21(3,4)5)17(15)20(25)27-7-2/h8-13H,6-7H2,1-5H3,(H,22,23). The van der Waals surface area contributed by atoms with Gasteiger partial charge in [-0.15, -0.1) is 0 Å². The predicted octanol–water partition coefficient (Wildman–Crippen LogP) is 4.31. The average Bonchev–Trinajstić information content (AvgIpc) is 2.60. The number of nitrogens with zero attached hydrogens (tertiary/aromatic N) is 1. The highest BCUT2D eigenvalue weighted by Gasteiger charge is 2.28. The summed E-state index contributed by atoms with van der Waals surface area (Å²) < 4.78 is 10.3. The molecule has 1 heterocycles. The number of esters is 2. The summed E-state index contributed by atoms with van der Waals surface area (Å²) in [6.07, 6.45) is 0. The van der Waals surface area contributed by atoms with Crippen LogP contribution in [0.25, 0.3) is 11.3 Å². The minimum atomic E-state index is -0.612. The third-order valence-electron chi connectivity index (χ3n) is 3.56. The van der Waals surface area contributed by atoms with Crippen molar-refractivity contribution in [2.75, 3.05) is 18.5 Å². The number of pyridine rings is 1. The predicted molar refractivity (Wildman–Crippen MR) is 105 cm³/mol. The van der Waals surface area contributed by atoms with Gasteiger partial charge in [0.15, 0.2) is 0 Å². The smallest absolute Gasteiger partial charge is 0.342 e. The van der Waals surface area contributed by atoms with E-state index in [-0.39, 0.29) is 29.9 Å². The topological polar surface area (TPSA) is 77.5 Å². The van der Waals surface area contributed by atoms with Crippen LogP contribution in [0, 0.1) is 0 Å². The molecule has 2 aromatic rings. The van der Waals surface area contributed by atoms with Gasteiger partial charge in [-0.05, 0) is 40.7 Å². The minimum absolute atomic E-state index is 0.0879. The summed E-state index contributed by atoms with van der Waals surface area (Å²) in [5.41, 5.74) is 1.24. The number of anilines is 1. The van der Waals surface area contributed by atoms with Crippen molar-refractivity contribution >= 4 is 17.8 Å². The first-order valence-electron chi connectivity index (χ1n) is 8.99. The fraction of sp³-hybridized carbons (Fsp3) is 0.381. The molecule has 0 saturated carbocycles. The SMILES string of the molecule is CCOC(=O)c1cc(-c2ccccc2)nc(NC(C)(C)C)c1C(=O)OCC. The van der Waals surface area contributed by atoms with Gasteiger partial charge < -0.3 is 14.8 Å². The maximum atomic E-state index is 12.6. The second-order valence-corrected chi connectivity index (χ2v) is 6.96. The van der Waals surface area contributed by atoms with Crippen molar-refractivity contribution in [2.24, 2.45) is 0 Å². The Labute approximate surface area is 159 Å². The summed E-state index contributed by atoms with van der Waals surface area (Å²) in [6.45, 7) is 9.66. The Balaban J connectivity index is 2.73. The Kier molecular flexibility index (Phi) is 6.55. The van der Waals surface area contributed by atoms with Gasteiger partial charge in [-0.1, -0.05) is 30.3 Å². The second kappa shape index (κ2) is 8.66. The zero-order chi connectivity index (χ0) is 20.0. The van der Waals surface area contributed by atoms with Gasteiger partial charge in [-0.25, -0.2) is 14.6 Å². The van der Waals surface area contributed by atoms with Gasteiger partial charge in [0.05, 0.1) is 24.5 Å².